The van der Waals surface area contributed by atoms with Crippen LogP contribution in [0.15, 0.2) is 54.6 Å². The molecule has 0 saturated heterocycles. The molecule has 204 valence electrons. The summed E-state index contributed by atoms with van der Waals surface area (Å²) in [6.45, 7) is 3.97. The molecule has 0 aliphatic rings. The smallest absolute Gasteiger partial charge is 0.363 e. The molecule has 0 heterocycles. The number of benzene rings is 3. The number of ether oxygens (including phenoxy) is 4. The molecule has 2 amide bonds. The van der Waals surface area contributed by atoms with Crippen molar-refractivity contribution in [1.29, 1.82) is 0 Å². The minimum Gasteiger partial charge on any atom is -0.496 e. The fourth-order valence-corrected chi connectivity index (χ4v) is 3.67. The fourth-order valence-electron chi connectivity index (χ4n) is 3.14. The van der Waals surface area contributed by atoms with E-state index in [0.29, 0.717) is 34.1 Å². The lowest BCUT2D eigenvalue weighted by molar-refractivity contribution is 0.0939. The van der Waals surface area contributed by atoms with Crippen LogP contribution >= 0.6 is 8.46 Å². The van der Waals surface area contributed by atoms with Crippen LogP contribution in [0.25, 0.3) is 0 Å². The van der Waals surface area contributed by atoms with Crippen LogP contribution in [0.3, 0.4) is 0 Å². The molecule has 3 rings (SSSR count). The Morgan fingerprint density at radius 3 is 1.32 bits per heavy atom. The topological polar surface area (TPSA) is 164 Å². The number of amides is 2. The maximum absolute atomic E-state index is 11.4. The van der Waals surface area contributed by atoms with E-state index in [1.807, 2.05) is 42.9 Å². The van der Waals surface area contributed by atoms with Gasteiger partial charge in [-0.25, -0.2) is 11.7 Å². The quantitative estimate of drug-likeness (QED) is 0.151. The Balaban J connectivity index is 0.000000290. The number of hydrogen-bond acceptors (Lipinski definition) is 9. The van der Waals surface area contributed by atoms with E-state index < -0.39 is 11.8 Å². The predicted molar refractivity (Wildman–Crippen MR) is 147 cm³/mol. The van der Waals surface area contributed by atoms with E-state index in [9.17, 15) is 14.2 Å². The highest BCUT2D eigenvalue weighted by atomic mass is 31.1. The number of carbonyl (C=O) groups excluding carboxylic acids is 2. The van der Waals surface area contributed by atoms with Crippen LogP contribution < -0.4 is 46.8 Å². The van der Waals surface area contributed by atoms with Crippen LogP contribution in [0, 0.1) is 13.8 Å². The Labute approximate surface area is 223 Å². The van der Waals surface area contributed by atoms with Crippen LogP contribution in [0.4, 0.5) is 0 Å². The minimum atomic E-state index is -0.445. The molecule has 0 aromatic heterocycles. The van der Waals surface area contributed by atoms with Crippen LogP contribution in [-0.4, -0.2) is 40.3 Å². The average molecular weight is 546 g/mol. The second-order valence-electron chi connectivity index (χ2n) is 7.44. The number of carbonyl (C=O) groups is 2. The molecule has 0 aliphatic carbocycles. The molecule has 6 N–H and O–H groups in total. The number of nitrogens with one attached hydrogen (secondary N) is 2. The molecule has 0 saturated carbocycles. The van der Waals surface area contributed by atoms with Gasteiger partial charge >= 0.3 is 8.46 Å². The predicted octanol–water partition coefficient (Wildman–Crippen LogP) is 2.57. The summed E-state index contributed by atoms with van der Waals surface area (Å²) in [5.41, 5.74) is 6.93. The summed E-state index contributed by atoms with van der Waals surface area (Å²) in [5.74, 6) is 10.9. The number of aryl methyl sites for hydroxylation is 2. The average Bonchev–Trinajstić information content (AvgIpc) is 2.97. The molecule has 0 aliphatic heterocycles. The van der Waals surface area contributed by atoms with Crippen LogP contribution in [0.2, 0.25) is 0 Å². The maximum Gasteiger partial charge on any atom is 0.363 e. The highest BCUT2D eigenvalue weighted by molar-refractivity contribution is 7.34. The second-order valence-corrected chi connectivity index (χ2v) is 8.19. The number of nitrogen functional groups attached to an aromatic ring is 2. The fraction of sp³-hybridized carbons (Fsp3) is 0.231. The van der Waals surface area contributed by atoms with Gasteiger partial charge in [-0.2, -0.15) is 0 Å². The number of methoxy groups -OCH3 is 4. The SMILES string of the molecule is COc1cccc(OC)c1C(=O)NN.COc1cccc(OC)c1C(=O)NN.Cc1ccc(C)c([PH+]=O)c1. The van der Waals surface area contributed by atoms with Crippen molar-refractivity contribution in [3.8, 4) is 23.0 Å². The van der Waals surface area contributed by atoms with E-state index in [4.69, 9.17) is 30.6 Å². The van der Waals surface area contributed by atoms with E-state index in [2.05, 4.69) is 0 Å². The molecule has 11 nitrogen and oxygen atoms in total. The van der Waals surface area contributed by atoms with Crippen molar-refractivity contribution in [1.82, 2.24) is 10.9 Å². The van der Waals surface area contributed by atoms with Crippen molar-refractivity contribution in [2.45, 2.75) is 13.8 Å². The molecule has 0 spiro atoms. The van der Waals surface area contributed by atoms with Crippen molar-refractivity contribution in [2.24, 2.45) is 11.7 Å². The van der Waals surface area contributed by atoms with Gasteiger partial charge in [0.1, 0.15) is 34.1 Å². The summed E-state index contributed by atoms with van der Waals surface area (Å²) < 4.78 is 30.6. The van der Waals surface area contributed by atoms with Gasteiger partial charge in [-0.05, 0) is 49.7 Å². The summed E-state index contributed by atoms with van der Waals surface area (Å²) >= 11 is 0. The van der Waals surface area contributed by atoms with Gasteiger partial charge < -0.3 is 18.9 Å². The van der Waals surface area contributed by atoms with E-state index in [0.717, 1.165) is 10.9 Å². The molecule has 12 heteroatoms. The lowest BCUT2D eigenvalue weighted by Crippen LogP contribution is -2.30. The minimum absolute atomic E-state index is 0.292. The molecule has 38 heavy (non-hydrogen) atoms. The Bertz CT molecular complexity index is 1130. The van der Waals surface area contributed by atoms with Gasteiger partial charge in [-0.1, -0.05) is 28.8 Å². The van der Waals surface area contributed by atoms with Crippen molar-refractivity contribution >= 4 is 25.6 Å². The Hall–Kier alpha value is -4.18. The van der Waals surface area contributed by atoms with Crippen LogP contribution in [0.5, 0.6) is 23.0 Å². The first-order valence-corrected chi connectivity index (χ1v) is 12.0. The zero-order valence-corrected chi connectivity index (χ0v) is 23.2. The highest BCUT2D eigenvalue weighted by Gasteiger charge is 2.17. The molecule has 0 bridgehead atoms. The van der Waals surface area contributed by atoms with Gasteiger partial charge in [0.05, 0.1) is 28.4 Å². The van der Waals surface area contributed by atoms with Gasteiger partial charge in [-0.3, -0.25) is 20.4 Å². The first kappa shape index (κ1) is 31.8. The van der Waals surface area contributed by atoms with E-state index in [-0.39, 0.29) is 8.46 Å². The van der Waals surface area contributed by atoms with Gasteiger partial charge in [0, 0.05) is 5.56 Å². The van der Waals surface area contributed by atoms with Crippen molar-refractivity contribution in [3.63, 3.8) is 0 Å². The number of hydrazine groups is 2. The Morgan fingerprint density at radius 2 is 1.05 bits per heavy atom. The third-order valence-corrected chi connectivity index (χ3v) is 5.83. The maximum atomic E-state index is 11.4. The molecule has 0 fully saturated rings. The summed E-state index contributed by atoms with van der Waals surface area (Å²) in [4.78, 5) is 22.8. The van der Waals surface area contributed by atoms with E-state index in [1.54, 1.807) is 36.4 Å². The Kier molecular flexibility index (Phi) is 13.9. The molecular formula is C26H34N4O7P+. The summed E-state index contributed by atoms with van der Waals surface area (Å²) in [6, 6.07) is 16.1. The molecular weight excluding hydrogens is 511 g/mol. The normalized spacial score (nSPS) is 9.58. The highest BCUT2D eigenvalue weighted by Crippen LogP contribution is 2.28. The molecule has 0 radical (unpaired) electrons. The zero-order valence-electron chi connectivity index (χ0n) is 22.2. The molecule has 1 atom stereocenters. The van der Waals surface area contributed by atoms with E-state index >= 15 is 0 Å². The molecule has 3 aromatic rings. The molecule has 3 aromatic carbocycles. The first-order chi connectivity index (χ1) is 18.2. The molecule has 1 unspecified atom stereocenters. The standard InChI is InChI=1S/2C9H12N2O3.C8H9OP/c2*1-13-6-4-3-5-7(14-2)8(6)9(12)11-10;1-6-3-4-7(2)8(5-6)10-9/h2*3-5H,10H2,1-2H3,(H,11,12);3-5H,1-2H3/p+1. The lowest BCUT2D eigenvalue weighted by Gasteiger charge is -2.10. The summed E-state index contributed by atoms with van der Waals surface area (Å²) in [6.07, 6.45) is 0. The second kappa shape index (κ2) is 16.5. The largest absolute Gasteiger partial charge is 0.496 e. The lowest BCUT2D eigenvalue weighted by atomic mass is 10.1. The van der Waals surface area contributed by atoms with Gasteiger partial charge in [0.15, 0.2) is 5.30 Å². The third-order valence-electron chi connectivity index (χ3n) is 5.07. The van der Waals surface area contributed by atoms with Crippen molar-refractivity contribution < 1.29 is 33.1 Å². The van der Waals surface area contributed by atoms with Crippen LogP contribution in [0.1, 0.15) is 31.8 Å². The first-order valence-electron chi connectivity index (χ1n) is 11.1. The monoisotopic (exact) mass is 545 g/mol. The van der Waals surface area contributed by atoms with Gasteiger partial charge in [0.25, 0.3) is 11.8 Å². The van der Waals surface area contributed by atoms with E-state index in [1.165, 1.54) is 34.0 Å². The van der Waals surface area contributed by atoms with Crippen molar-refractivity contribution in [3.05, 3.63) is 76.9 Å². The number of hydrogen-bond donors (Lipinski definition) is 4. The Morgan fingerprint density at radius 1 is 0.684 bits per heavy atom. The number of rotatable bonds is 7. The van der Waals surface area contributed by atoms with Gasteiger partial charge in [0.2, 0.25) is 0 Å². The summed E-state index contributed by atoms with van der Waals surface area (Å²) in [5, 5.41) is 0.944. The van der Waals surface area contributed by atoms with Crippen LogP contribution in [-0.2, 0) is 4.57 Å². The number of nitrogens with two attached hydrogens (primary N) is 2. The zero-order chi connectivity index (χ0) is 28.7. The third kappa shape index (κ3) is 8.74. The van der Waals surface area contributed by atoms with Crippen molar-refractivity contribution in [2.75, 3.05) is 28.4 Å². The van der Waals surface area contributed by atoms with Gasteiger partial charge in [-0.15, -0.1) is 0 Å². The summed E-state index contributed by atoms with van der Waals surface area (Å²) in [7, 11) is 5.57.